The maximum Gasteiger partial charge on any atom is 0.339 e. The average Bonchev–Trinajstić information content (AvgIpc) is 2.47. The van der Waals surface area contributed by atoms with Crippen LogP contribution in [0.2, 0.25) is 5.02 Å². The van der Waals surface area contributed by atoms with Gasteiger partial charge in [-0.15, -0.1) is 0 Å². The summed E-state index contributed by atoms with van der Waals surface area (Å²) in [6.07, 6.45) is 0.0875. The van der Waals surface area contributed by atoms with Gasteiger partial charge in [0.1, 0.15) is 6.10 Å². The van der Waals surface area contributed by atoms with Crippen LogP contribution in [-0.2, 0) is 11.2 Å². The van der Waals surface area contributed by atoms with Crippen LogP contribution >= 0.6 is 11.6 Å². The normalized spacial score (nSPS) is 17.0. The number of carbonyl (C=O) groups is 1. The molecule has 0 N–H and O–H groups in total. The molecule has 1 atom stereocenters. The Hall–Kier alpha value is -2.40. The number of esters is 1. The fourth-order valence-corrected chi connectivity index (χ4v) is 2.47. The number of nitrogens with zero attached hydrogens (tertiary/aromatic N) is 1. The summed E-state index contributed by atoms with van der Waals surface area (Å²) < 4.78 is 5.37. The van der Waals surface area contributed by atoms with E-state index in [4.69, 9.17) is 16.3 Å². The molecule has 1 aliphatic heterocycles. The Labute approximate surface area is 125 Å². The Bertz CT molecular complexity index is 727. The summed E-state index contributed by atoms with van der Waals surface area (Å²) in [4.78, 5) is 22.3. The summed E-state index contributed by atoms with van der Waals surface area (Å²) in [5.74, 6) is -0.542. The highest BCUT2D eigenvalue weighted by atomic mass is 35.5. The molecule has 1 aliphatic rings. The molecule has 1 unspecified atom stereocenters. The molecule has 21 heavy (non-hydrogen) atoms. The predicted octanol–water partition coefficient (Wildman–Crippen LogP) is 3.70. The highest BCUT2D eigenvalue weighted by molar-refractivity contribution is 6.30. The van der Waals surface area contributed by atoms with Crippen LogP contribution in [0.1, 0.15) is 27.6 Å². The third-order valence-electron chi connectivity index (χ3n) is 3.42. The number of carbonyl (C=O) groups excluding carboxylic acids is 1. The van der Waals surface area contributed by atoms with Crippen molar-refractivity contribution in [1.82, 2.24) is 0 Å². The topological polar surface area (TPSA) is 69.4 Å². The van der Waals surface area contributed by atoms with Crippen LogP contribution in [0.25, 0.3) is 0 Å². The average molecular weight is 304 g/mol. The van der Waals surface area contributed by atoms with Crippen molar-refractivity contribution >= 4 is 23.3 Å². The van der Waals surface area contributed by atoms with E-state index in [9.17, 15) is 14.9 Å². The van der Waals surface area contributed by atoms with Crippen LogP contribution in [0.15, 0.2) is 42.5 Å². The van der Waals surface area contributed by atoms with Crippen LogP contribution in [0.3, 0.4) is 0 Å². The first-order chi connectivity index (χ1) is 10.0. The number of nitro benzene ring substituents is 1. The van der Waals surface area contributed by atoms with Crippen molar-refractivity contribution < 1.29 is 14.5 Å². The number of rotatable bonds is 2. The number of hydrogen-bond acceptors (Lipinski definition) is 4. The van der Waals surface area contributed by atoms with Gasteiger partial charge < -0.3 is 4.74 Å². The van der Waals surface area contributed by atoms with E-state index in [1.54, 1.807) is 30.3 Å². The Balaban J connectivity index is 1.94. The minimum atomic E-state index is -0.542. The summed E-state index contributed by atoms with van der Waals surface area (Å²) in [6, 6.07) is 11.3. The molecule has 0 fully saturated rings. The second kappa shape index (κ2) is 5.18. The third-order valence-corrected chi connectivity index (χ3v) is 3.67. The predicted molar refractivity (Wildman–Crippen MR) is 76.4 cm³/mol. The number of benzene rings is 2. The fraction of sp³-hybridized carbons (Fsp3) is 0.133. The Morgan fingerprint density at radius 2 is 1.90 bits per heavy atom. The van der Waals surface area contributed by atoms with E-state index < -0.39 is 17.0 Å². The molecule has 0 amide bonds. The van der Waals surface area contributed by atoms with Gasteiger partial charge in [0.25, 0.3) is 5.69 Å². The number of fused-ring (bicyclic) bond motifs is 1. The van der Waals surface area contributed by atoms with Gasteiger partial charge in [-0.25, -0.2) is 4.79 Å². The van der Waals surface area contributed by atoms with E-state index in [-0.39, 0.29) is 11.3 Å². The lowest BCUT2D eigenvalue weighted by Gasteiger charge is -2.24. The third kappa shape index (κ3) is 2.60. The lowest BCUT2D eigenvalue weighted by Crippen LogP contribution is -2.21. The number of nitro groups is 1. The lowest BCUT2D eigenvalue weighted by atomic mass is 9.94. The van der Waals surface area contributed by atoms with Gasteiger partial charge >= 0.3 is 5.97 Å². The minimum Gasteiger partial charge on any atom is -0.454 e. The van der Waals surface area contributed by atoms with Crippen molar-refractivity contribution in [3.05, 3.63) is 74.3 Å². The van der Waals surface area contributed by atoms with Crippen LogP contribution < -0.4 is 0 Å². The number of halogens is 1. The standard InChI is InChI=1S/C15H10ClNO4/c16-11-4-1-9(2-5-11)14-7-10-3-6-12(17(19)20)8-13(10)15(18)21-14/h1-6,8,14H,7H2. The molecule has 2 aromatic rings. The van der Waals surface area contributed by atoms with Crippen LogP contribution in [-0.4, -0.2) is 10.9 Å². The molecule has 106 valence electrons. The maximum absolute atomic E-state index is 12.0. The van der Waals surface area contributed by atoms with Gasteiger partial charge in [-0.05, 0) is 23.3 Å². The Morgan fingerprint density at radius 1 is 1.19 bits per heavy atom. The minimum absolute atomic E-state index is 0.115. The molecule has 0 spiro atoms. The molecule has 5 nitrogen and oxygen atoms in total. The van der Waals surface area contributed by atoms with E-state index in [1.165, 1.54) is 12.1 Å². The van der Waals surface area contributed by atoms with Crippen molar-refractivity contribution in [2.75, 3.05) is 0 Å². The van der Waals surface area contributed by atoms with E-state index >= 15 is 0 Å². The van der Waals surface area contributed by atoms with E-state index in [2.05, 4.69) is 0 Å². The van der Waals surface area contributed by atoms with Gasteiger partial charge in [-0.1, -0.05) is 29.8 Å². The first-order valence-electron chi connectivity index (χ1n) is 6.28. The molecular weight excluding hydrogens is 294 g/mol. The number of hydrogen-bond donors (Lipinski definition) is 0. The van der Waals surface area contributed by atoms with Gasteiger partial charge in [0.05, 0.1) is 10.5 Å². The zero-order valence-electron chi connectivity index (χ0n) is 10.8. The number of non-ortho nitro benzene ring substituents is 1. The van der Waals surface area contributed by atoms with Gasteiger partial charge in [0, 0.05) is 23.6 Å². The lowest BCUT2D eigenvalue weighted by molar-refractivity contribution is -0.384. The quantitative estimate of drug-likeness (QED) is 0.482. The second-order valence-corrected chi connectivity index (χ2v) is 5.18. The van der Waals surface area contributed by atoms with Gasteiger partial charge in [-0.2, -0.15) is 0 Å². The smallest absolute Gasteiger partial charge is 0.339 e. The molecule has 0 aliphatic carbocycles. The summed E-state index contributed by atoms with van der Waals surface area (Å²) in [5, 5.41) is 11.4. The Morgan fingerprint density at radius 3 is 2.57 bits per heavy atom. The molecule has 6 heteroatoms. The van der Waals surface area contributed by atoms with Gasteiger partial charge in [0.15, 0.2) is 0 Å². The van der Waals surface area contributed by atoms with E-state index in [0.717, 1.165) is 11.1 Å². The zero-order valence-corrected chi connectivity index (χ0v) is 11.5. The first-order valence-corrected chi connectivity index (χ1v) is 6.66. The van der Waals surface area contributed by atoms with Gasteiger partial charge in [-0.3, -0.25) is 10.1 Å². The molecule has 0 bridgehead atoms. The fourth-order valence-electron chi connectivity index (χ4n) is 2.34. The van der Waals surface area contributed by atoms with Crippen LogP contribution in [0, 0.1) is 10.1 Å². The van der Waals surface area contributed by atoms with Crippen LogP contribution in [0.5, 0.6) is 0 Å². The van der Waals surface area contributed by atoms with E-state index in [0.29, 0.717) is 11.4 Å². The number of cyclic esters (lactones) is 1. The molecular formula is C15H10ClNO4. The molecule has 2 aromatic carbocycles. The van der Waals surface area contributed by atoms with Crippen molar-refractivity contribution in [3.63, 3.8) is 0 Å². The molecule has 1 heterocycles. The maximum atomic E-state index is 12.0. The zero-order chi connectivity index (χ0) is 15.0. The van der Waals surface area contributed by atoms with Crippen molar-refractivity contribution in [2.45, 2.75) is 12.5 Å². The van der Waals surface area contributed by atoms with Gasteiger partial charge in [0.2, 0.25) is 0 Å². The summed E-state index contributed by atoms with van der Waals surface area (Å²) in [5.41, 5.74) is 1.73. The van der Waals surface area contributed by atoms with Crippen molar-refractivity contribution in [3.8, 4) is 0 Å². The van der Waals surface area contributed by atoms with Crippen molar-refractivity contribution in [1.29, 1.82) is 0 Å². The molecule has 0 radical (unpaired) electrons. The molecule has 3 rings (SSSR count). The molecule has 0 saturated heterocycles. The summed E-state index contributed by atoms with van der Waals surface area (Å²) >= 11 is 5.84. The monoisotopic (exact) mass is 303 g/mol. The first kappa shape index (κ1) is 13.6. The highest BCUT2D eigenvalue weighted by Gasteiger charge is 2.29. The largest absolute Gasteiger partial charge is 0.454 e. The van der Waals surface area contributed by atoms with Crippen LogP contribution in [0.4, 0.5) is 5.69 Å². The summed E-state index contributed by atoms with van der Waals surface area (Å²) in [6.45, 7) is 0. The molecule has 0 aromatic heterocycles. The number of ether oxygens (including phenoxy) is 1. The summed E-state index contributed by atoms with van der Waals surface area (Å²) in [7, 11) is 0. The Kier molecular flexibility index (Phi) is 3.35. The van der Waals surface area contributed by atoms with E-state index in [1.807, 2.05) is 0 Å². The highest BCUT2D eigenvalue weighted by Crippen LogP contribution is 2.32. The van der Waals surface area contributed by atoms with Crippen molar-refractivity contribution in [2.24, 2.45) is 0 Å². The molecule has 0 saturated carbocycles. The second-order valence-electron chi connectivity index (χ2n) is 4.75. The SMILES string of the molecule is O=C1OC(c2ccc(Cl)cc2)Cc2ccc([N+](=O)[O-])cc21.